The first-order valence-electron chi connectivity index (χ1n) is 6.23. The predicted molar refractivity (Wildman–Crippen MR) is 74.9 cm³/mol. The summed E-state index contributed by atoms with van der Waals surface area (Å²) >= 11 is 0. The molecule has 3 N–H and O–H groups in total. The number of para-hydroxylation sites is 1. The molecule has 0 aliphatic heterocycles. The molecule has 0 fully saturated rings. The first kappa shape index (κ1) is 14.2. The highest BCUT2D eigenvalue weighted by Crippen LogP contribution is 2.25. The minimum absolute atomic E-state index is 0.0235. The first-order chi connectivity index (χ1) is 9.72. The molecule has 20 heavy (non-hydrogen) atoms. The number of aryl methyl sites for hydroxylation is 1. The van der Waals surface area contributed by atoms with Gasteiger partial charge in [-0.2, -0.15) is 0 Å². The Bertz CT molecular complexity index is 582. The number of amides is 1. The van der Waals surface area contributed by atoms with Gasteiger partial charge in [0.25, 0.3) is 0 Å². The molecule has 0 bridgehead atoms. The van der Waals surface area contributed by atoms with Crippen LogP contribution in [0.5, 0.6) is 0 Å². The number of hydrogen-bond donors (Lipinski definition) is 2. The van der Waals surface area contributed by atoms with E-state index < -0.39 is 0 Å². The minimum atomic E-state index is -0.229. The van der Waals surface area contributed by atoms with E-state index in [1.165, 1.54) is 0 Å². The Morgan fingerprint density at radius 3 is 2.95 bits per heavy atom. The van der Waals surface area contributed by atoms with E-state index in [9.17, 15) is 4.79 Å². The Hall–Kier alpha value is -2.25. The maximum absolute atomic E-state index is 11.8. The number of ether oxygens (including phenoxy) is 1. The van der Waals surface area contributed by atoms with Crippen molar-refractivity contribution in [2.24, 2.45) is 12.8 Å². The number of carbonyl (C=O) groups is 1. The van der Waals surface area contributed by atoms with E-state index in [1.807, 2.05) is 31.3 Å². The van der Waals surface area contributed by atoms with Gasteiger partial charge in [0.2, 0.25) is 5.91 Å². The fraction of sp³-hybridized carbons (Fsp3) is 0.308. The number of aromatic nitrogens is 3. The van der Waals surface area contributed by atoms with Crippen LogP contribution in [-0.2, 0) is 16.6 Å². The molecule has 7 nitrogen and oxygen atoms in total. The van der Waals surface area contributed by atoms with Gasteiger partial charge in [-0.05, 0) is 12.1 Å². The average molecular weight is 275 g/mol. The van der Waals surface area contributed by atoms with Crippen molar-refractivity contribution < 1.29 is 9.53 Å². The maximum atomic E-state index is 11.8. The van der Waals surface area contributed by atoms with E-state index in [4.69, 9.17) is 10.5 Å². The number of nitrogens with zero attached hydrogens (tertiary/aromatic N) is 3. The molecule has 2 rings (SSSR count). The summed E-state index contributed by atoms with van der Waals surface area (Å²) in [6.45, 7) is 0.728. The molecule has 0 atom stereocenters. The zero-order chi connectivity index (χ0) is 14.4. The van der Waals surface area contributed by atoms with Gasteiger partial charge in [-0.25, -0.2) is 0 Å². The van der Waals surface area contributed by atoms with Crippen LogP contribution in [0.2, 0.25) is 0 Å². The summed E-state index contributed by atoms with van der Waals surface area (Å²) in [5.74, 6) is 0.455. The zero-order valence-electron chi connectivity index (χ0n) is 11.2. The summed E-state index contributed by atoms with van der Waals surface area (Å²) in [6, 6.07) is 7.41. The van der Waals surface area contributed by atoms with Gasteiger partial charge in [-0.1, -0.05) is 12.1 Å². The molecule has 106 valence electrons. The lowest BCUT2D eigenvalue weighted by atomic mass is 10.1. The Morgan fingerprint density at radius 1 is 1.45 bits per heavy atom. The molecule has 0 spiro atoms. The number of carbonyl (C=O) groups excluding carboxylic acids is 1. The van der Waals surface area contributed by atoms with Crippen molar-refractivity contribution in [1.82, 2.24) is 14.8 Å². The Balaban J connectivity index is 2.13. The van der Waals surface area contributed by atoms with E-state index >= 15 is 0 Å². The molecular formula is C13H17N5O2. The molecule has 0 saturated carbocycles. The summed E-state index contributed by atoms with van der Waals surface area (Å²) in [4.78, 5) is 11.8. The Kier molecular flexibility index (Phi) is 4.80. The number of anilines is 1. The normalized spacial score (nSPS) is 10.5. The van der Waals surface area contributed by atoms with Crippen molar-refractivity contribution in [3.63, 3.8) is 0 Å². The molecule has 0 saturated heterocycles. The summed E-state index contributed by atoms with van der Waals surface area (Å²) in [5.41, 5.74) is 6.77. The van der Waals surface area contributed by atoms with Gasteiger partial charge >= 0.3 is 0 Å². The number of nitrogens with one attached hydrogen (secondary N) is 1. The van der Waals surface area contributed by atoms with E-state index in [2.05, 4.69) is 15.5 Å². The number of nitrogens with two attached hydrogens (primary N) is 1. The van der Waals surface area contributed by atoms with Gasteiger partial charge in [0.15, 0.2) is 5.82 Å². The van der Waals surface area contributed by atoms with Crippen LogP contribution >= 0.6 is 0 Å². The molecule has 0 aliphatic carbocycles. The van der Waals surface area contributed by atoms with Crippen molar-refractivity contribution in [1.29, 1.82) is 0 Å². The third kappa shape index (κ3) is 3.40. The quantitative estimate of drug-likeness (QED) is 0.744. The molecule has 1 aromatic carbocycles. The molecule has 7 heteroatoms. The highest BCUT2D eigenvalue weighted by molar-refractivity contribution is 5.95. The maximum Gasteiger partial charge on any atom is 0.250 e. The third-order valence-corrected chi connectivity index (χ3v) is 2.65. The summed E-state index contributed by atoms with van der Waals surface area (Å²) in [5, 5.41) is 10.7. The fourth-order valence-electron chi connectivity index (χ4n) is 1.75. The van der Waals surface area contributed by atoms with Gasteiger partial charge in [0.05, 0.1) is 12.3 Å². The molecular weight excluding hydrogens is 258 g/mol. The van der Waals surface area contributed by atoms with Crippen LogP contribution < -0.4 is 11.1 Å². The third-order valence-electron chi connectivity index (χ3n) is 2.65. The highest BCUT2D eigenvalue weighted by Gasteiger charge is 2.11. The van der Waals surface area contributed by atoms with Crippen molar-refractivity contribution in [3.05, 3.63) is 30.6 Å². The lowest BCUT2D eigenvalue weighted by molar-refractivity contribution is -0.120. The van der Waals surface area contributed by atoms with Crippen LogP contribution in [0.4, 0.5) is 5.69 Å². The second-order valence-electron chi connectivity index (χ2n) is 4.20. The van der Waals surface area contributed by atoms with E-state index in [0.717, 1.165) is 5.56 Å². The van der Waals surface area contributed by atoms with Gasteiger partial charge in [0, 0.05) is 19.2 Å². The lowest BCUT2D eigenvalue weighted by Gasteiger charge is -2.10. The second kappa shape index (κ2) is 6.78. The molecule has 1 aromatic heterocycles. The van der Waals surface area contributed by atoms with Gasteiger partial charge in [0.1, 0.15) is 12.9 Å². The molecule has 0 radical (unpaired) electrons. The standard InChI is InChI=1S/C13H17N5O2/c1-18-9-15-17-13(18)10-4-2-3-5-11(10)16-12(19)8-20-7-6-14/h2-5,9H,6-8,14H2,1H3,(H,16,19). The SMILES string of the molecule is Cn1cnnc1-c1ccccc1NC(=O)COCCN. The smallest absolute Gasteiger partial charge is 0.250 e. The van der Waals surface area contributed by atoms with Crippen LogP contribution in [-0.4, -0.2) is 40.4 Å². The van der Waals surface area contributed by atoms with Gasteiger partial charge in [-0.15, -0.1) is 10.2 Å². The van der Waals surface area contributed by atoms with E-state index in [0.29, 0.717) is 24.7 Å². The van der Waals surface area contributed by atoms with Crippen LogP contribution in [0.15, 0.2) is 30.6 Å². The number of rotatable bonds is 6. The van der Waals surface area contributed by atoms with E-state index in [-0.39, 0.29) is 12.5 Å². The van der Waals surface area contributed by atoms with Crippen LogP contribution in [0, 0.1) is 0 Å². The molecule has 0 unspecified atom stereocenters. The van der Waals surface area contributed by atoms with Crippen molar-refractivity contribution in [3.8, 4) is 11.4 Å². The van der Waals surface area contributed by atoms with E-state index in [1.54, 1.807) is 10.9 Å². The van der Waals surface area contributed by atoms with Crippen molar-refractivity contribution in [2.75, 3.05) is 25.1 Å². The minimum Gasteiger partial charge on any atom is -0.370 e. The summed E-state index contributed by atoms with van der Waals surface area (Å²) in [7, 11) is 1.85. The van der Waals surface area contributed by atoms with Crippen LogP contribution in [0.1, 0.15) is 0 Å². The topological polar surface area (TPSA) is 95.1 Å². The molecule has 0 aliphatic rings. The van der Waals surface area contributed by atoms with Crippen LogP contribution in [0.25, 0.3) is 11.4 Å². The van der Waals surface area contributed by atoms with Gasteiger partial charge < -0.3 is 20.4 Å². The highest BCUT2D eigenvalue weighted by atomic mass is 16.5. The fourth-order valence-corrected chi connectivity index (χ4v) is 1.75. The Morgan fingerprint density at radius 2 is 2.25 bits per heavy atom. The zero-order valence-corrected chi connectivity index (χ0v) is 11.2. The van der Waals surface area contributed by atoms with Gasteiger partial charge in [-0.3, -0.25) is 4.79 Å². The van der Waals surface area contributed by atoms with Crippen molar-refractivity contribution >= 4 is 11.6 Å². The largest absolute Gasteiger partial charge is 0.370 e. The van der Waals surface area contributed by atoms with Crippen molar-refractivity contribution in [2.45, 2.75) is 0 Å². The van der Waals surface area contributed by atoms with Crippen LogP contribution in [0.3, 0.4) is 0 Å². The molecule has 1 amide bonds. The number of hydrogen-bond acceptors (Lipinski definition) is 5. The monoisotopic (exact) mass is 275 g/mol. The summed E-state index contributed by atoms with van der Waals surface area (Å²) < 4.78 is 6.89. The molecule has 2 aromatic rings. The summed E-state index contributed by atoms with van der Waals surface area (Å²) in [6.07, 6.45) is 1.61. The average Bonchev–Trinajstić information content (AvgIpc) is 2.86. The second-order valence-corrected chi connectivity index (χ2v) is 4.20. The lowest BCUT2D eigenvalue weighted by Crippen LogP contribution is -2.21. The Labute approximate surface area is 116 Å². The molecule has 1 heterocycles. The first-order valence-corrected chi connectivity index (χ1v) is 6.23. The number of benzene rings is 1. The predicted octanol–water partition coefficient (Wildman–Crippen LogP) is 0.396.